The molecule has 2 aliphatic rings. The Balaban J connectivity index is 1.87. The summed E-state index contributed by atoms with van der Waals surface area (Å²) in [4.78, 5) is 2.48. The average Bonchev–Trinajstić information content (AvgIpc) is 2.50. The van der Waals surface area contributed by atoms with E-state index in [9.17, 15) is 4.39 Å². The van der Waals surface area contributed by atoms with Crippen LogP contribution in [0, 0.1) is 5.82 Å². The summed E-state index contributed by atoms with van der Waals surface area (Å²) in [5, 5.41) is 0. The first-order valence-electron chi connectivity index (χ1n) is 7.73. The molecule has 116 valence electrons. The molecule has 1 heterocycles. The molecular weight excluding hydrogens is 335 g/mol. The van der Waals surface area contributed by atoms with Crippen LogP contribution in [0.4, 0.5) is 4.39 Å². The van der Waals surface area contributed by atoms with Crippen LogP contribution in [0.3, 0.4) is 0 Å². The van der Waals surface area contributed by atoms with Crippen molar-refractivity contribution in [3.8, 4) is 0 Å². The monoisotopic (exact) mass is 356 g/mol. The molecule has 2 fully saturated rings. The van der Waals surface area contributed by atoms with Crippen molar-refractivity contribution in [2.45, 2.75) is 43.9 Å². The molecule has 1 saturated carbocycles. The fourth-order valence-electron chi connectivity index (χ4n) is 3.73. The van der Waals surface area contributed by atoms with Crippen LogP contribution in [0.1, 0.15) is 37.3 Å². The van der Waals surface area contributed by atoms with Gasteiger partial charge >= 0.3 is 0 Å². The fraction of sp³-hybridized carbons (Fsp3) is 0.625. The lowest BCUT2D eigenvalue weighted by atomic mass is 9.88. The van der Waals surface area contributed by atoms with Gasteiger partial charge in [0.15, 0.2) is 0 Å². The van der Waals surface area contributed by atoms with Crippen LogP contribution in [0.25, 0.3) is 0 Å². The Kier molecular flexibility index (Phi) is 4.94. The van der Waals surface area contributed by atoms with E-state index in [0.29, 0.717) is 18.7 Å². The molecule has 3 rings (SSSR count). The van der Waals surface area contributed by atoms with E-state index in [-0.39, 0.29) is 11.9 Å². The van der Waals surface area contributed by atoms with E-state index in [1.54, 1.807) is 0 Å². The number of halogens is 2. The first kappa shape index (κ1) is 15.4. The molecule has 0 radical (unpaired) electrons. The van der Waals surface area contributed by atoms with Gasteiger partial charge in [-0.05, 0) is 30.5 Å². The van der Waals surface area contributed by atoms with Crippen LogP contribution < -0.4 is 5.73 Å². The molecule has 1 aliphatic carbocycles. The fourth-order valence-corrected chi connectivity index (χ4v) is 4.34. The minimum Gasteiger partial charge on any atom is -0.375 e. The minimum absolute atomic E-state index is 0.120. The highest BCUT2D eigenvalue weighted by Crippen LogP contribution is 2.36. The molecule has 1 aromatic carbocycles. The van der Waals surface area contributed by atoms with Gasteiger partial charge in [0.05, 0.1) is 12.7 Å². The number of morpholine rings is 1. The number of nitrogens with two attached hydrogens (primary N) is 1. The molecule has 5 heteroatoms. The summed E-state index contributed by atoms with van der Waals surface area (Å²) in [6, 6.07) is 5.45. The van der Waals surface area contributed by atoms with Gasteiger partial charge in [-0.1, -0.05) is 34.8 Å². The summed E-state index contributed by atoms with van der Waals surface area (Å²) in [5.41, 5.74) is 7.14. The van der Waals surface area contributed by atoms with Crippen molar-refractivity contribution >= 4 is 15.9 Å². The Morgan fingerprint density at radius 3 is 2.95 bits per heavy atom. The van der Waals surface area contributed by atoms with Crippen LogP contribution in [0.5, 0.6) is 0 Å². The van der Waals surface area contributed by atoms with Crippen molar-refractivity contribution < 1.29 is 9.13 Å². The summed E-state index contributed by atoms with van der Waals surface area (Å²) in [5.74, 6) is -0.223. The average molecular weight is 357 g/mol. The molecule has 0 amide bonds. The number of rotatable bonds is 3. The van der Waals surface area contributed by atoms with Gasteiger partial charge in [-0.3, -0.25) is 4.90 Å². The van der Waals surface area contributed by atoms with Crippen molar-refractivity contribution in [1.29, 1.82) is 0 Å². The molecule has 1 aliphatic heterocycles. The molecular formula is C16H22BrFN2O. The van der Waals surface area contributed by atoms with E-state index in [2.05, 4.69) is 20.8 Å². The second-order valence-corrected chi connectivity index (χ2v) is 6.77. The van der Waals surface area contributed by atoms with E-state index in [1.165, 1.54) is 31.4 Å². The standard InChI is InChI=1S/C16H22BrFN2O/c17-13-9-11(18)5-6-12(13)15(10-19)20-7-8-21-16-4-2-1-3-14(16)20/h5-6,9,14-16H,1-4,7-8,10,19H2. The van der Waals surface area contributed by atoms with E-state index in [4.69, 9.17) is 10.5 Å². The molecule has 0 spiro atoms. The lowest BCUT2D eigenvalue weighted by Crippen LogP contribution is -2.54. The zero-order valence-corrected chi connectivity index (χ0v) is 13.7. The van der Waals surface area contributed by atoms with Crippen molar-refractivity contribution in [3.05, 3.63) is 34.1 Å². The number of ether oxygens (including phenoxy) is 1. The molecule has 3 atom stereocenters. The lowest BCUT2D eigenvalue weighted by molar-refractivity contribution is -0.102. The first-order chi connectivity index (χ1) is 10.2. The van der Waals surface area contributed by atoms with E-state index < -0.39 is 0 Å². The van der Waals surface area contributed by atoms with Crippen LogP contribution in [0.15, 0.2) is 22.7 Å². The highest BCUT2D eigenvalue weighted by molar-refractivity contribution is 9.10. The summed E-state index contributed by atoms with van der Waals surface area (Å²) >= 11 is 3.49. The minimum atomic E-state index is -0.223. The van der Waals surface area contributed by atoms with Crippen LogP contribution in [-0.4, -0.2) is 36.7 Å². The maximum Gasteiger partial charge on any atom is 0.124 e. The predicted octanol–water partition coefficient (Wildman–Crippen LogP) is 3.23. The number of nitrogens with zero attached hydrogens (tertiary/aromatic N) is 1. The van der Waals surface area contributed by atoms with Gasteiger partial charge in [-0.25, -0.2) is 4.39 Å². The van der Waals surface area contributed by atoms with Crippen LogP contribution in [-0.2, 0) is 4.74 Å². The zero-order valence-electron chi connectivity index (χ0n) is 12.1. The number of fused-ring (bicyclic) bond motifs is 1. The third-order valence-electron chi connectivity index (χ3n) is 4.72. The van der Waals surface area contributed by atoms with Gasteiger partial charge in [0.1, 0.15) is 5.82 Å². The van der Waals surface area contributed by atoms with Crippen LogP contribution in [0.2, 0.25) is 0 Å². The second kappa shape index (κ2) is 6.73. The summed E-state index contributed by atoms with van der Waals surface area (Å²) in [7, 11) is 0. The largest absolute Gasteiger partial charge is 0.375 e. The second-order valence-electron chi connectivity index (χ2n) is 5.92. The molecule has 3 nitrogen and oxygen atoms in total. The number of hydrogen-bond donors (Lipinski definition) is 1. The van der Waals surface area contributed by atoms with Crippen LogP contribution >= 0.6 is 15.9 Å². The van der Waals surface area contributed by atoms with Gasteiger partial charge in [0, 0.05) is 29.6 Å². The molecule has 2 N–H and O–H groups in total. The van der Waals surface area contributed by atoms with Crippen molar-refractivity contribution in [1.82, 2.24) is 4.90 Å². The third kappa shape index (κ3) is 3.16. The van der Waals surface area contributed by atoms with Gasteiger partial charge in [-0.15, -0.1) is 0 Å². The highest BCUT2D eigenvalue weighted by Gasteiger charge is 2.38. The van der Waals surface area contributed by atoms with Gasteiger partial charge < -0.3 is 10.5 Å². The van der Waals surface area contributed by atoms with Crippen molar-refractivity contribution in [3.63, 3.8) is 0 Å². The normalized spacial score (nSPS) is 28.1. The number of benzene rings is 1. The summed E-state index contributed by atoms with van der Waals surface area (Å²) < 4.78 is 20.1. The topological polar surface area (TPSA) is 38.5 Å². The maximum absolute atomic E-state index is 13.3. The zero-order chi connectivity index (χ0) is 14.8. The Bertz CT molecular complexity index is 497. The summed E-state index contributed by atoms with van der Waals surface area (Å²) in [6.07, 6.45) is 5.15. The van der Waals surface area contributed by atoms with Gasteiger partial charge in [0.2, 0.25) is 0 Å². The molecule has 21 heavy (non-hydrogen) atoms. The molecule has 1 saturated heterocycles. The molecule has 3 unspecified atom stereocenters. The van der Waals surface area contributed by atoms with Crippen molar-refractivity contribution in [2.24, 2.45) is 5.73 Å². The van der Waals surface area contributed by atoms with E-state index in [1.807, 2.05) is 6.07 Å². The smallest absolute Gasteiger partial charge is 0.124 e. The van der Waals surface area contributed by atoms with E-state index in [0.717, 1.165) is 29.6 Å². The maximum atomic E-state index is 13.3. The van der Waals surface area contributed by atoms with Gasteiger partial charge in [-0.2, -0.15) is 0 Å². The SMILES string of the molecule is NCC(c1ccc(F)cc1Br)N1CCOC2CCCCC21. The Morgan fingerprint density at radius 2 is 2.19 bits per heavy atom. The molecule has 0 bridgehead atoms. The third-order valence-corrected chi connectivity index (χ3v) is 5.41. The van der Waals surface area contributed by atoms with Gasteiger partial charge in [0.25, 0.3) is 0 Å². The first-order valence-corrected chi connectivity index (χ1v) is 8.52. The van der Waals surface area contributed by atoms with Crippen molar-refractivity contribution in [2.75, 3.05) is 19.7 Å². The Labute approximate surface area is 133 Å². The Hall–Kier alpha value is -0.490. The summed E-state index contributed by atoms with van der Waals surface area (Å²) in [6.45, 7) is 2.19. The molecule has 1 aromatic rings. The molecule has 0 aromatic heterocycles. The highest BCUT2D eigenvalue weighted by atomic mass is 79.9. The Morgan fingerprint density at radius 1 is 1.38 bits per heavy atom. The van der Waals surface area contributed by atoms with E-state index >= 15 is 0 Å². The lowest BCUT2D eigenvalue weighted by Gasteiger charge is -2.47. The predicted molar refractivity (Wildman–Crippen MR) is 84.6 cm³/mol. The quantitative estimate of drug-likeness (QED) is 0.903. The number of hydrogen-bond acceptors (Lipinski definition) is 3.